The van der Waals surface area contributed by atoms with Crippen molar-refractivity contribution >= 4 is 20.9 Å². The van der Waals surface area contributed by atoms with Gasteiger partial charge in [-0.1, -0.05) is 42.8 Å². The molecule has 1 fully saturated rings. The van der Waals surface area contributed by atoms with E-state index in [0.29, 0.717) is 5.52 Å². The van der Waals surface area contributed by atoms with E-state index in [2.05, 4.69) is 26.7 Å². The highest BCUT2D eigenvalue weighted by Crippen LogP contribution is 2.22. The molecule has 6 heteroatoms. The summed E-state index contributed by atoms with van der Waals surface area (Å²) in [7, 11) is -3.65. The van der Waals surface area contributed by atoms with Gasteiger partial charge in [0.05, 0.1) is 5.52 Å². The van der Waals surface area contributed by atoms with Gasteiger partial charge in [-0.15, -0.1) is 0 Å². The van der Waals surface area contributed by atoms with E-state index < -0.39 is 10.0 Å². The Hall–Kier alpha value is -2.28. The SMILES string of the molecule is Cc1cnc2c(S(=O)(=O)NCc3ccc(CN4CCCCC4)cc3)cccc2c1. The topological polar surface area (TPSA) is 62.3 Å². The first-order chi connectivity index (χ1) is 14.0. The zero-order valence-corrected chi connectivity index (χ0v) is 17.6. The van der Waals surface area contributed by atoms with Gasteiger partial charge in [0.1, 0.15) is 4.90 Å². The van der Waals surface area contributed by atoms with E-state index >= 15 is 0 Å². The van der Waals surface area contributed by atoms with Gasteiger partial charge in [-0.3, -0.25) is 9.88 Å². The van der Waals surface area contributed by atoms with Crippen molar-refractivity contribution < 1.29 is 8.42 Å². The molecule has 4 rings (SSSR count). The normalized spacial score (nSPS) is 15.6. The van der Waals surface area contributed by atoms with Gasteiger partial charge in [-0.25, -0.2) is 13.1 Å². The molecule has 0 aliphatic carbocycles. The molecule has 0 unspecified atom stereocenters. The number of likely N-dealkylation sites (tertiary alicyclic amines) is 1. The molecular weight excluding hydrogens is 382 g/mol. The van der Waals surface area contributed by atoms with Crippen LogP contribution in [0.25, 0.3) is 10.9 Å². The van der Waals surface area contributed by atoms with E-state index in [0.717, 1.165) is 23.1 Å². The van der Waals surface area contributed by atoms with Crippen molar-refractivity contribution in [1.82, 2.24) is 14.6 Å². The molecule has 0 radical (unpaired) electrons. The highest BCUT2D eigenvalue weighted by atomic mass is 32.2. The second-order valence-electron chi connectivity index (χ2n) is 7.82. The smallest absolute Gasteiger partial charge is 0.243 e. The number of para-hydroxylation sites is 1. The maximum Gasteiger partial charge on any atom is 0.243 e. The number of aryl methyl sites for hydroxylation is 1. The minimum Gasteiger partial charge on any atom is -0.299 e. The van der Waals surface area contributed by atoms with Crippen molar-refractivity contribution in [2.45, 2.75) is 44.2 Å². The first-order valence-electron chi connectivity index (χ1n) is 10.2. The molecule has 152 valence electrons. The van der Waals surface area contributed by atoms with E-state index in [-0.39, 0.29) is 11.4 Å². The summed E-state index contributed by atoms with van der Waals surface area (Å²) in [4.78, 5) is 7.05. The summed E-state index contributed by atoms with van der Waals surface area (Å²) < 4.78 is 28.5. The molecule has 1 saturated heterocycles. The molecule has 0 spiro atoms. The van der Waals surface area contributed by atoms with Crippen molar-refractivity contribution in [2.24, 2.45) is 0 Å². The number of hydrogen-bond acceptors (Lipinski definition) is 4. The van der Waals surface area contributed by atoms with Gasteiger partial charge in [0.2, 0.25) is 10.0 Å². The molecule has 1 aliphatic heterocycles. The van der Waals surface area contributed by atoms with Crippen molar-refractivity contribution in [1.29, 1.82) is 0 Å². The van der Waals surface area contributed by atoms with Crippen LogP contribution >= 0.6 is 0 Å². The lowest BCUT2D eigenvalue weighted by molar-refractivity contribution is 0.221. The number of aromatic nitrogens is 1. The number of hydrogen-bond donors (Lipinski definition) is 1. The van der Waals surface area contributed by atoms with Gasteiger partial charge < -0.3 is 0 Å². The van der Waals surface area contributed by atoms with Crippen LogP contribution in [0.4, 0.5) is 0 Å². The molecule has 3 aromatic rings. The first-order valence-corrected chi connectivity index (χ1v) is 11.6. The average molecular weight is 410 g/mol. The van der Waals surface area contributed by atoms with Crippen molar-refractivity contribution in [3.8, 4) is 0 Å². The Morgan fingerprint density at radius 1 is 1.00 bits per heavy atom. The standard InChI is InChI=1S/C23H27N3O2S/c1-18-14-21-6-5-7-22(23(21)24-15-18)29(27,28)25-16-19-8-10-20(11-9-19)17-26-12-3-2-4-13-26/h5-11,14-15,25H,2-4,12-13,16-17H2,1H3. The summed E-state index contributed by atoms with van der Waals surface area (Å²) in [6, 6.07) is 15.4. The van der Waals surface area contributed by atoms with Gasteiger partial charge in [-0.2, -0.15) is 0 Å². The molecule has 0 bridgehead atoms. The predicted molar refractivity (Wildman–Crippen MR) is 116 cm³/mol. The highest BCUT2D eigenvalue weighted by Gasteiger charge is 2.18. The number of pyridine rings is 1. The molecule has 2 aromatic carbocycles. The van der Waals surface area contributed by atoms with Crippen LogP contribution in [0.3, 0.4) is 0 Å². The first kappa shape index (κ1) is 20.0. The van der Waals surface area contributed by atoms with Crippen LogP contribution in [0.5, 0.6) is 0 Å². The summed E-state index contributed by atoms with van der Waals surface area (Å²) >= 11 is 0. The van der Waals surface area contributed by atoms with Gasteiger partial charge in [0.25, 0.3) is 0 Å². The molecule has 0 atom stereocenters. The lowest BCUT2D eigenvalue weighted by atomic mass is 10.1. The Kier molecular flexibility index (Phi) is 5.94. The lowest BCUT2D eigenvalue weighted by Crippen LogP contribution is -2.29. The molecule has 1 N–H and O–H groups in total. The predicted octanol–water partition coefficient (Wildman–Crippen LogP) is 4.01. The van der Waals surface area contributed by atoms with Gasteiger partial charge >= 0.3 is 0 Å². The second-order valence-corrected chi connectivity index (χ2v) is 9.55. The van der Waals surface area contributed by atoms with Crippen molar-refractivity contribution in [3.05, 3.63) is 71.4 Å². The van der Waals surface area contributed by atoms with Gasteiger partial charge in [0, 0.05) is 24.7 Å². The van der Waals surface area contributed by atoms with Gasteiger partial charge in [0.15, 0.2) is 0 Å². The fourth-order valence-electron chi connectivity index (χ4n) is 3.85. The number of rotatable bonds is 6. The Morgan fingerprint density at radius 2 is 1.72 bits per heavy atom. The van der Waals surface area contributed by atoms with Crippen LogP contribution in [-0.2, 0) is 23.1 Å². The largest absolute Gasteiger partial charge is 0.299 e. The lowest BCUT2D eigenvalue weighted by Gasteiger charge is -2.26. The molecule has 1 aromatic heterocycles. The summed E-state index contributed by atoms with van der Waals surface area (Å²) in [5, 5.41) is 0.829. The molecule has 0 saturated carbocycles. The number of nitrogens with zero attached hydrogens (tertiary/aromatic N) is 2. The second kappa shape index (κ2) is 8.61. The molecule has 5 nitrogen and oxygen atoms in total. The average Bonchev–Trinajstić information content (AvgIpc) is 2.73. The number of benzene rings is 2. The Bertz CT molecular complexity index is 1090. The van der Waals surface area contributed by atoms with Crippen LogP contribution in [0.2, 0.25) is 0 Å². The van der Waals surface area contributed by atoms with E-state index in [1.54, 1.807) is 18.3 Å². The maximum atomic E-state index is 12.9. The fraction of sp³-hybridized carbons (Fsp3) is 0.348. The molecule has 0 amide bonds. The number of fused-ring (bicyclic) bond motifs is 1. The minimum atomic E-state index is -3.65. The zero-order valence-electron chi connectivity index (χ0n) is 16.8. The quantitative estimate of drug-likeness (QED) is 0.668. The number of piperidine rings is 1. The third kappa shape index (κ3) is 4.83. The summed E-state index contributed by atoms with van der Waals surface area (Å²) in [6.07, 6.45) is 5.59. The highest BCUT2D eigenvalue weighted by molar-refractivity contribution is 7.89. The van der Waals surface area contributed by atoms with Crippen LogP contribution in [0, 0.1) is 6.92 Å². The van der Waals surface area contributed by atoms with Crippen LogP contribution in [0.1, 0.15) is 36.0 Å². The monoisotopic (exact) mass is 409 g/mol. The van der Waals surface area contributed by atoms with Gasteiger partial charge in [-0.05, 0) is 61.7 Å². The van der Waals surface area contributed by atoms with Crippen molar-refractivity contribution in [2.75, 3.05) is 13.1 Å². The van der Waals surface area contributed by atoms with Crippen LogP contribution < -0.4 is 4.72 Å². The number of sulfonamides is 1. The van der Waals surface area contributed by atoms with Crippen molar-refractivity contribution in [3.63, 3.8) is 0 Å². The third-order valence-electron chi connectivity index (χ3n) is 5.44. The Balaban J connectivity index is 1.44. The molecule has 29 heavy (non-hydrogen) atoms. The molecule has 2 heterocycles. The minimum absolute atomic E-state index is 0.219. The number of nitrogens with one attached hydrogen (secondary N) is 1. The Labute approximate surface area is 172 Å². The Morgan fingerprint density at radius 3 is 2.48 bits per heavy atom. The van der Waals surface area contributed by atoms with E-state index in [1.807, 2.05) is 31.2 Å². The van der Waals surface area contributed by atoms with Crippen LogP contribution in [-0.4, -0.2) is 31.4 Å². The fourth-order valence-corrected chi connectivity index (χ4v) is 5.05. The van der Waals surface area contributed by atoms with E-state index in [9.17, 15) is 8.42 Å². The van der Waals surface area contributed by atoms with E-state index in [4.69, 9.17) is 0 Å². The third-order valence-corrected chi connectivity index (χ3v) is 6.88. The van der Waals surface area contributed by atoms with Crippen LogP contribution in [0.15, 0.2) is 59.6 Å². The van der Waals surface area contributed by atoms with E-state index in [1.165, 1.54) is 37.9 Å². The molecular formula is C23H27N3O2S. The zero-order chi connectivity index (χ0) is 20.3. The summed E-state index contributed by atoms with van der Waals surface area (Å²) in [5.41, 5.74) is 3.72. The summed E-state index contributed by atoms with van der Waals surface area (Å²) in [5.74, 6) is 0. The maximum absolute atomic E-state index is 12.9. The molecule has 1 aliphatic rings. The summed E-state index contributed by atoms with van der Waals surface area (Å²) in [6.45, 7) is 5.50.